The van der Waals surface area contributed by atoms with Crippen molar-refractivity contribution in [2.24, 2.45) is 10.2 Å². The highest BCUT2D eigenvalue weighted by Gasteiger charge is 2.33. The van der Waals surface area contributed by atoms with Gasteiger partial charge < -0.3 is 15.4 Å². The van der Waals surface area contributed by atoms with Gasteiger partial charge in [0.15, 0.2) is 5.66 Å². The molecule has 1 heterocycles. The van der Waals surface area contributed by atoms with Crippen molar-refractivity contribution in [3.05, 3.63) is 35.9 Å². The number of nitrogens with one attached hydrogen (secondary N) is 2. The Bertz CT molecular complexity index is 568. The third-order valence-corrected chi connectivity index (χ3v) is 3.45. The average Bonchev–Trinajstić information content (AvgIpc) is 3.26. The van der Waals surface area contributed by atoms with Crippen LogP contribution in [-0.2, 0) is 20.9 Å². The van der Waals surface area contributed by atoms with Crippen LogP contribution in [0.4, 0.5) is 0 Å². The molecular weight excluding hydrogens is 296 g/mol. The Morgan fingerprint density at radius 3 is 2.57 bits per heavy atom. The van der Waals surface area contributed by atoms with Gasteiger partial charge >= 0.3 is 0 Å². The predicted octanol–water partition coefficient (Wildman–Crippen LogP) is 1.40. The lowest BCUT2D eigenvalue weighted by Gasteiger charge is -2.18. The highest BCUT2D eigenvalue weighted by atomic mass is 16.5. The van der Waals surface area contributed by atoms with Gasteiger partial charge in [-0.2, -0.15) is 10.2 Å². The lowest BCUT2D eigenvalue weighted by Crippen LogP contribution is -2.48. The summed E-state index contributed by atoms with van der Waals surface area (Å²) in [5, 5.41) is 13.2. The van der Waals surface area contributed by atoms with Crippen molar-refractivity contribution in [3.8, 4) is 0 Å². The van der Waals surface area contributed by atoms with Gasteiger partial charge in [0.05, 0.1) is 13.2 Å². The summed E-state index contributed by atoms with van der Waals surface area (Å²) < 4.78 is 5.49. The lowest BCUT2D eigenvalue weighted by atomic mass is 10.2. The van der Waals surface area contributed by atoms with Gasteiger partial charge in [0, 0.05) is 19.9 Å². The number of ether oxygens (including phenoxy) is 1. The summed E-state index contributed by atoms with van der Waals surface area (Å²) in [6.45, 7) is 4.25. The highest BCUT2D eigenvalue weighted by molar-refractivity contribution is 5.86. The molecule has 2 amide bonds. The molecule has 0 saturated carbocycles. The minimum absolute atomic E-state index is 0.121. The number of amides is 2. The second kappa shape index (κ2) is 7.82. The van der Waals surface area contributed by atoms with Crippen LogP contribution in [0.1, 0.15) is 25.8 Å². The molecule has 1 atom stereocenters. The molecule has 1 aromatic rings. The van der Waals surface area contributed by atoms with Crippen molar-refractivity contribution in [1.82, 2.24) is 10.6 Å². The second-order valence-corrected chi connectivity index (χ2v) is 5.70. The molecule has 0 spiro atoms. The topological polar surface area (TPSA) is 92.2 Å². The van der Waals surface area contributed by atoms with Crippen LogP contribution in [0.25, 0.3) is 0 Å². The molecule has 0 fully saturated rings. The van der Waals surface area contributed by atoms with Crippen LogP contribution in [-0.4, -0.2) is 36.7 Å². The molecule has 1 aliphatic rings. The quantitative estimate of drug-likeness (QED) is 0.674. The molecule has 0 saturated heterocycles. The molecule has 2 rings (SSSR count). The monoisotopic (exact) mass is 318 g/mol. The maximum atomic E-state index is 12.2. The molecule has 0 aliphatic carbocycles. The summed E-state index contributed by atoms with van der Waals surface area (Å²) in [5.41, 5.74) is 0.673. The molecule has 23 heavy (non-hydrogen) atoms. The molecule has 0 radical (unpaired) electrons. The minimum atomic E-state index is -0.711. The molecular formula is C16H22N4O3. The second-order valence-electron chi connectivity index (χ2n) is 5.70. The van der Waals surface area contributed by atoms with Gasteiger partial charge in [0.1, 0.15) is 6.04 Å². The number of hydrogen-bond donors (Lipinski definition) is 2. The summed E-state index contributed by atoms with van der Waals surface area (Å²) >= 11 is 0. The Morgan fingerprint density at radius 1 is 1.26 bits per heavy atom. The smallest absolute Gasteiger partial charge is 0.245 e. The third kappa shape index (κ3) is 6.15. The van der Waals surface area contributed by atoms with E-state index < -0.39 is 6.04 Å². The number of benzene rings is 1. The minimum Gasteiger partial charge on any atom is -0.379 e. The Hall–Kier alpha value is -2.28. The maximum absolute atomic E-state index is 12.2. The van der Waals surface area contributed by atoms with E-state index in [1.807, 2.05) is 37.3 Å². The molecule has 7 heteroatoms. The Labute approximate surface area is 135 Å². The van der Waals surface area contributed by atoms with Crippen LogP contribution in [0.15, 0.2) is 40.6 Å². The Morgan fingerprint density at radius 2 is 1.96 bits per heavy atom. The molecule has 0 bridgehead atoms. The van der Waals surface area contributed by atoms with Gasteiger partial charge in [0.2, 0.25) is 11.8 Å². The number of carbonyl (C=O) groups is 2. The average molecular weight is 318 g/mol. The fraction of sp³-hybridized carbons (Fsp3) is 0.500. The van der Waals surface area contributed by atoms with Gasteiger partial charge in [-0.05, 0) is 12.5 Å². The van der Waals surface area contributed by atoms with E-state index in [0.29, 0.717) is 19.6 Å². The molecule has 0 unspecified atom stereocenters. The molecule has 7 nitrogen and oxygen atoms in total. The zero-order valence-corrected chi connectivity index (χ0v) is 13.4. The Balaban J connectivity index is 1.76. The number of carbonyl (C=O) groups excluding carboxylic acids is 2. The van der Waals surface area contributed by atoms with Crippen molar-refractivity contribution in [3.63, 3.8) is 0 Å². The van der Waals surface area contributed by atoms with E-state index in [2.05, 4.69) is 20.9 Å². The summed E-state index contributed by atoms with van der Waals surface area (Å²) in [4.78, 5) is 23.5. The summed E-state index contributed by atoms with van der Waals surface area (Å²) in [7, 11) is 0. The largest absolute Gasteiger partial charge is 0.379 e. The fourth-order valence-electron chi connectivity index (χ4n) is 1.99. The normalized spacial score (nSPS) is 15.7. The number of hydrogen-bond acceptors (Lipinski definition) is 5. The Kier molecular flexibility index (Phi) is 5.81. The first-order valence-corrected chi connectivity index (χ1v) is 7.59. The van der Waals surface area contributed by atoms with Gasteiger partial charge in [0.25, 0.3) is 0 Å². The third-order valence-electron chi connectivity index (χ3n) is 3.45. The van der Waals surface area contributed by atoms with Gasteiger partial charge in [-0.3, -0.25) is 9.59 Å². The first-order valence-electron chi connectivity index (χ1n) is 7.59. The van der Waals surface area contributed by atoms with Gasteiger partial charge in [-0.15, -0.1) is 0 Å². The highest BCUT2D eigenvalue weighted by Crippen LogP contribution is 2.30. The molecule has 1 aliphatic heterocycles. The van der Waals surface area contributed by atoms with Crippen molar-refractivity contribution in [1.29, 1.82) is 0 Å². The van der Waals surface area contributed by atoms with Crippen molar-refractivity contribution >= 4 is 11.8 Å². The van der Waals surface area contributed by atoms with Crippen LogP contribution < -0.4 is 10.6 Å². The molecule has 1 aromatic carbocycles. The lowest BCUT2D eigenvalue weighted by molar-refractivity contribution is -0.129. The van der Waals surface area contributed by atoms with Crippen LogP contribution in [0, 0.1) is 0 Å². The zero-order valence-electron chi connectivity index (χ0n) is 13.4. The van der Waals surface area contributed by atoms with Crippen LogP contribution >= 0.6 is 0 Å². The maximum Gasteiger partial charge on any atom is 0.245 e. The fourth-order valence-corrected chi connectivity index (χ4v) is 1.99. The summed E-state index contributed by atoms with van der Waals surface area (Å²) in [5.74, 6) is -0.538. The van der Waals surface area contributed by atoms with Crippen LogP contribution in [0.5, 0.6) is 0 Å². The zero-order chi connectivity index (χ0) is 16.7. The van der Waals surface area contributed by atoms with Crippen LogP contribution in [0.2, 0.25) is 0 Å². The van der Waals surface area contributed by atoms with Crippen molar-refractivity contribution in [2.45, 2.75) is 38.5 Å². The van der Waals surface area contributed by atoms with E-state index in [1.54, 1.807) is 0 Å². The first kappa shape index (κ1) is 17.1. The van der Waals surface area contributed by atoms with Crippen LogP contribution in [0.3, 0.4) is 0 Å². The SMILES string of the molecule is CC(=O)N[C@H](COCCC1(C)N=N1)C(=O)NCc1ccccc1. The van der Waals surface area contributed by atoms with Crippen molar-refractivity contribution in [2.75, 3.05) is 13.2 Å². The first-order chi connectivity index (χ1) is 11.0. The standard InChI is InChI=1S/C16H22N4O3/c1-12(21)18-14(11-23-9-8-16(2)19-20-16)15(22)17-10-13-6-4-3-5-7-13/h3-7,14H,8-11H2,1-2H3,(H,17,22)(H,18,21)/t14-/m1/s1. The summed E-state index contributed by atoms with van der Waals surface area (Å²) in [6, 6.07) is 8.87. The number of rotatable bonds is 9. The number of nitrogens with zero attached hydrogens (tertiary/aromatic N) is 2. The molecule has 124 valence electrons. The van der Waals surface area contributed by atoms with E-state index in [1.165, 1.54) is 6.92 Å². The van der Waals surface area contributed by atoms with Gasteiger partial charge in [-0.25, -0.2) is 0 Å². The van der Waals surface area contributed by atoms with E-state index >= 15 is 0 Å². The predicted molar refractivity (Wildman–Crippen MR) is 84.6 cm³/mol. The summed E-state index contributed by atoms with van der Waals surface area (Å²) in [6.07, 6.45) is 0.672. The molecule has 2 N–H and O–H groups in total. The van der Waals surface area contributed by atoms with Crippen molar-refractivity contribution < 1.29 is 14.3 Å². The van der Waals surface area contributed by atoms with E-state index in [4.69, 9.17) is 4.74 Å². The van der Waals surface area contributed by atoms with E-state index in [-0.39, 0.29) is 24.1 Å². The van der Waals surface area contributed by atoms with E-state index in [9.17, 15) is 9.59 Å². The molecule has 0 aromatic heterocycles. The van der Waals surface area contributed by atoms with Gasteiger partial charge in [-0.1, -0.05) is 30.3 Å². The van der Waals surface area contributed by atoms with E-state index in [0.717, 1.165) is 5.56 Å².